The lowest BCUT2D eigenvalue weighted by molar-refractivity contribution is -0.0500. The number of fused-ring (bicyclic) bond motifs is 1. The van der Waals surface area contributed by atoms with Crippen molar-refractivity contribution >= 4 is 11.2 Å². The summed E-state index contributed by atoms with van der Waals surface area (Å²) in [5, 5.41) is 12.2. The van der Waals surface area contributed by atoms with Crippen molar-refractivity contribution < 1.29 is 32.1 Å². The van der Waals surface area contributed by atoms with Crippen LogP contribution in [-0.4, -0.2) is 33.4 Å². The maximum atomic E-state index is 15.5. The summed E-state index contributed by atoms with van der Waals surface area (Å²) in [6.07, 6.45) is -0.462. The topological polar surface area (TPSA) is 118 Å². The second-order valence-corrected chi connectivity index (χ2v) is 8.29. The number of ether oxygens (including phenoxy) is 2. The summed E-state index contributed by atoms with van der Waals surface area (Å²) in [6.45, 7) is -1.19. The molecule has 1 atom stereocenters. The molecule has 1 aliphatic heterocycles. The Morgan fingerprint density at radius 2 is 1.74 bits per heavy atom. The zero-order chi connectivity index (χ0) is 27.0. The maximum Gasteiger partial charge on any atom is 0.387 e. The van der Waals surface area contributed by atoms with Gasteiger partial charge in [0.05, 0.1) is 18.2 Å². The third-order valence-corrected chi connectivity index (χ3v) is 6.19. The lowest BCUT2D eigenvalue weighted by Crippen LogP contribution is -2.34. The molecule has 1 fully saturated rings. The Hall–Kier alpha value is -3.82. The first-order valence-corrected chi connectivity index (χ1v) is 11.5. The molecule has 2 aromatic heterocycles. The number of hydrogen-bond acceptors (Lipinski definition) is 9. The molecule has 14 heteroatoms. The highest BCUT2D eigenvalue weighted by Gasteiger charge is 2.43. The van der Waals surface area contributed by atoms with E-state index in [9.17, 15) is 13.9 Å². The quantitative estimate of drug-likeness (QED) is 0.218. The molecule has 0 aliphatic carbocycles. The Bertz CT molecular complexity index is 1480. The van der Waals surface area contributed by atoms with Crippen molar-refractivity contribution in [3.63, 3.8) is 0 Å². The van der Waals surface area contributed by atoms with Crippen LogP contribution in [0.15, 0.2) is 48.5 Å². The van der Waals surface area contributed by atoms with E-state index in [2.05, 4.69) is 36.6 Å². The molecule has 0 amide bonds. The van der Waals surface area contributed by atoms with Crippen molar-refractivity contribution in [2.75, 3.05) is 7.11 Å². The van der Waals surface area contributed by atoms with E-state index in [1.807, 2.05) is 0 Å². The van der Waals surface area contributed by atoms with Crippen LogP contribution in [0.3, 0.4) is 0 Å². The number of nitrogens with one attached hydrogen (secondary N) is 4. The molecule has 1 unspecified atom stereocenters. The van der Waals surface area contributed by atoms with E-state index in [1.165, 1.54) is 25.3 Å². The van der Waals surface area contributed by atoms with Crippen LogP contribution in [0.2, 0.25) is 0 Å². The van der Waals surface area contributed by atoms with E-state index in [0.29, 0.717) is 17.1 Å². The lowest BCUT2D eigenvalue weighted by atomic mass is 9.84. The Morgan fingerprint density at radius 1 is 1.03 bits per heavy atom. The summed E-state index contributed by atoms with van der Waals surface area (Å²) in [5.74, 6) is -2.33. The largest absolute Gasteiger partial charge is 0.481 e. The molecule has 38 heavy (non-hydrogen) atoms. The van der Waals surface area contributed by atoms with Gasteiger partial charge in [0.2, 0.25) is 5.88 Å². The van der Waals surface area contributed by atoms with Gasteiger partial charge in [0.15, 0.2) is 17.1 Å². The number of aliphatic hydroxyl groups is 1. The standard InChI is InChI=1S/C24H23F4N7O3/c1-3-35-18-11-13(19-31-33-34-32-19)21(37-2)29-20(18)30-22(35)24(36,14-6-4-5-7-16(14)25)15-9-8-12(10-17(15)26)38-23(27)28/h4-11,19,23,31-34,36H,3H2,1-2H3. The van der Waals surface area contributed by atoms with Gasteiger partial charge in [-0.2, -0.15) is 24.8 Å². The summed E-state index contributed by atoms with van der Waals surface area (Å²) < 4.78 is 67.4. The van der Waals surface area contributed by atoms with Gasteiger partial charge >= 0.3 is 6.61 Å². The second kappa shape index (κ2) is 10.2. The van der Waals surface area contributed by atoms with Crippen molar-refractivity contribution in [3.05, 3.63) is 82.7 Å². The fourth-order valence-corrected chi connectivity index (χ4v) is 4.53. The smallest absolute Gasteiger partial charge is 0.387 e. The molecule has 1 aliphatic rings. The van der Waals surface area contributed by atoms with Crippen LogP contribution in [0.4, 0.5) is 17.6 Å². The first kappa shape index (κ1) is 25.8. The lowest BCUT2D eigenvalue weighted by Gasteiger charge is -2.30. The normalized spacial score (nSPS) is 15.8. The number of hydrazine groups is 3. The zero-order valence-corrected chi connectivity index (χ0v) is 20.1. The third kappa shape index (κ3) is 4.31. The van der Waals surface area contributed by atoms with Gasteiger partial charge in [0.25, 0.3) is 0 Å². The van der Waals surface area contributed by atoms with Crippen molar-refractivity contribution in [1.82, 2.24) is 36.5 Å². The number of alkyl halides is 2. The van der Waals surface area contributed by atoms with Crippen LogP contribution < -0.4 is 31.4 Å². The van der Waals surface area contributed by atoms with Crippen molar-refractivity contribution in [1.29, 1.82) is 0 Å². The highest BCUT2D eigenvalue weighted by Crippen LogP contribution is 2.41. The number of aromatic nitrogens is 3. The molecule has 5 rings (SSSR count). The van der Waals surface area contributed by atoms with Gasteiger partial charge in [0, 0.05) is 23.7 Å². The monoisotopic (exact) mass is 533 g/mol. The molecule has 0 spiro atoms. The Balaban J connectivity index is 1.78. The molecule has 1 saturated heterocycles. The first-order chi connectivity index (χ1) is 18.3. The van der Waals surface area contributed by atoms with Crippen LogP contribution >= 0.6 is 0 Å². The number of pyridine rings is 1. The van der Waals surface area contributed by atoms with E-state index in [-0.39, 0.29) is 29.5 Å². The molecular weight excluding hydrogens is 510 g/mol. The first-order valence-electron chi connectivity index (χ1n) is 11.5. The van der Waals surface area contributed by atoms with Crippen molar-refractivity contribution in [3.8, 4) is 11.6 Å². The summed E-state index contributed by atoms with van der Waals surface area (Å²) in [5.41, 5.74) is 9.24. The molecule has 10 nitrogen and oxygen atoms in total. The van der Waals surface area contributed by atoms with Gasteiger partial charge in [-0.1, -0.05) is 18.2 Å². The molecule has 200 valence electrons. The van der Waals surface area contributed by atoms with Gasteiger partial charge in [-0.05, 0) is 31.2 Å². The molecule has 0 radical (unpaired) electrons. The molecule has 0 saturated carbocycles. The summed E-state index contributed by atoms with van der Waals surface area (Å²) in [7, 11) is 1.43. The van der Waals surface area contributed by atoms with E-state index >= 15 is 8.78 Å². The molecule has 2 aromatic carbocycles. The molecule has 5 N–H and O–H groups in total. The van der Waals surface area contributed by atoms with Crippen LogP contribution in [0.5, 0.6) is 11.6 Å². The number of nitrogens with zero attached hydrogens (tertiary/aromatic N) is 3. The average molecular weight is 533 g/mol. The number of hydrogen-bond donors (Lipinski definition) is 5. The van der Waals surface area contributed by atoms with Crippen molar-refractivity contribution in [2.24, 2.45) is 0 Å². The predicted molar refractivity (Wildman–Crippen MR) is 127 cm³/mol. The van der Waals surface area contributed by atoms with Crippen LogP contribution in [-0.2, 0) is 12.1 Å². The average Bonchev–Trinajstić information content (AvgIpc) is 3.55. The van der Waals surface area contributed by atoms with E-state index in [0.717, 1.165) is 18.2 Å². The molecule has 0 bridgehead atoms. The van der Waals surface area contributed by atoms with Gasteiger partial charge in [-0.15, -0.1) is 0 Å². The number of aryl methyl sites for hydroxylation is 1. The van der Waals surface area contributed by atoms with Gasteiger partial charge < -0.3 is 19.1 Å². The van der Waals surface area contributed by atoms with E-state index in [1.54, 1.807) is 17.6 Å². The minimum Gasteiger partial charge on any atom is -0.481 e. The Kier molecular flexibility index (Phi) is 6.90. The predicted octanol–water partition coefficient (Wildman–Crippen LogP) is 2.74. The minimum atomic E-state index is -3.18. The van der Waals surface area contributed by atoms with Gasteiger partial charge in [-0.25, -0.2) is 24.6 Å². The zero-order valence-electron chi connectivity index (χ0n) is 20.1. The Labute approximate surface area is 213 Å². The van der Waals surface area contributed by atoms with E-state index in [4.69, 9.17) is 4.74 Å². The summed E-state index contributed by atoms with van der Waals surface area (Å²) in [6, 6.07) is 9.84. The fraction of sp³-hybridized carbons (Fsp3) is 0.250. The summed E-state index contributed by atoms with van der Waals surface area (Å²) >= 11 is 0. The second-order valence-electron chi connectivity index (χ2n) is 8.29. The van der Waals surface area contributed by atoms with Gasteiger partial charge in [0.1, 0.15) is 23.5 Å². The molecular formula is C24H23F4N7O3. The van der Waals surface area contributed by atoms with E-state index < -0.39 is 41.3 Å². The number of imidazole rings is 1. The van der Waals surface area contributed by atoms with Crippen molar-refractivity contribution in [2.45, 2.75) is 31.8 Å². The Morgan fingerprint density at radius 3 is 2.37 bits per heavy atom. The van der Waals surface area contributed by atoms with Gasteiger partial charge in [-0.3, -0.25) is 0 Å². The highest BCUT2D eigenvalue weighted by molar-refractivity contribution is 5.75. The SMILES string of the molecule is CCn1c(C(O)(c2ccccc2F)c2ccc(OC(F)F)cc2F)nc2nc(OC)c(C3NNNN3)cc21. The fourth-order valence-electron chi connectivity index (χ4n) is 4.53. The number of halogens is 4. The third-order valence-electron chi connectivity index (χ3n) is 6.19. The highest BCUT2D eigenvalue weighted by atomic mass is 19.3. The maximum absolute atomic E-state index is 15.5. The molecule has 4 aromatic rings. The number of methoxy groups -OCH3 is 1. The van der Waals surface area contributed by atoms with Crippen LogP contribution in [0, 0.1) is 11.6 Å². The van der Waals surface area contributed by atoms with Crippen LogP contribution in [0.1, 0.15) is 35.6 Å². The minimum absolute atomic E-state index is 0.142. The molecule has 3 heterocycles. The van der Waals surface area contributed by atoms with Crippen LogP contribution in [0.25, 0.3) is 11.2 Å². The number of rotatable bonds is 8. The summed E-state index contributed by atoms with van der Waals surface area (Å²) in [4.78, 5) is 8.97. The number of benzene rings is 2.